The van der Waals surface area contributed by atoms with Gasteiger partial charge in [-0.25, -0.2) is 4.39 Å². The van der Waals surface area contributed by atoms with Gasteiger partial charge in [-0.05, 0) is 78.6 Å². The van der Waals surface area contributed by atoms with Gasteiger partial charge in [-0.1, -0.05) is 18.2 Å². The zero-order valence-electron chi connectivity index (χ0n) is 18.9. The molecule has 0 bridgehead atoms. The first-order chi connectivity index (χ1) is 16.6. The molecule has 2 heterocycles. The molecule has 1 atom stereocenters. The fourth-order valence-electron chi connectivity index (χ4n) is 4.43. The van der Waals surface area contributed by atoms with E-state index in [4.69, 9.17) is 4.74 Å². The number of halogens is 1. The molecule has 1 aromatic heterocycles. The zero-order chi connectivity index (χ0) is 23.5. The molecule has 1 aliphatic heterocycles. The normalized spacial score (nSPS) is 17.2. The number of carbonyl (C=O) groups is 2. The number of benzene rings is 2. The van der Waals surface area contributed by atoms with Crippen molar-refractivity contribution in [2.24, 2.45) is 5.92 Å². The SMILES string of the molecule is O=C(c1ccccc1)N(CC(=O)N1CCc2sccc2[C@@H]1COc1ccc(F)cc1)CC1CC1. The number of fused-ring (bicyclic) bond motifs is 1. The highest BCUT2D eigenvalue weighted by molar-refractivity contribution is 7.10. The molecule has 2 aromatic carbocycles. The Morgan fingerprint density at radius 1 is 1.06 bits per heavy atom. The molecule has 0 radical (unpaired) electrons. The third-order valence-electron chi connectivity index (χ3n) is 6.45. The average Bonchev–Trinajstić information content (AvgIpc) is 3.55. The molecular weight excluding hydrogens is 451 g/mol. The van der Waals surface area contributed by atoms with Crippen LogP contribution in [0.15, 0.2) is 66.0 Å². The third kappa shape index (κ3) is 5.14. The van der Waals surface area contributed by atoms with Gasteiger partial charge in [0.25, 0.3) is 5.91 Å². The average molecular weight is 479 g/mol. The van der Waals surface area contributed by atoms with Crippen LogP contribution in [-0.4, -0.2) is 47.9 Å². The lowest BCUT2D eigenvalue weighted by Gasteiger charge is -2.37. The number of carbonyl (C=O) groups excluding carboxylic acids is 2. The molecule has 0 N–H and O–H groups in total. The summed E-state index contributed by atoms with van der Waals surface area (Å²) in [6.45, 7) is 1.52. The Labute approximate surface area is 202 Å². The Bertz CT molecular complexity index is 1140. The molecule has 3 aromatic rings. The second-order valence-electron chi connectivity index (χ2n) is 8.91. The monoisotopic (exact) mass is 478 g/mol. The molecule has 7 heteroatoms. The fourth-order valence-corrected chi connectivity index (χ4v) is 5.36. The summed E-state index contributed by atoms with van der Waals surface area (Å²) < 4.78 is 19.2. The fraction of sp³-hybridized carbons (Fsp3) is 0.333. The number of rotatable bonds is 8. The largest absolute Gasteiger partial charge is 0.491 e. The van der Waals surface area contributed by atoms with Gasteiger partial charge in [0.2, 0.25) is 5.91 Å². The highest BCUT2D eigenvalue weighted by Crippen LogP contribution is 2.35. The second kappa shape index (κ2) is 9.97. The molecule has 1 fully saturated rings. The van der Waals surface area contributed by atoms with Crippen molar-refractivity contribution in [1.29, 1.82) is 0 Å². The maximum absolute atomic E-state index is 13.6. The molecule has 5 nitrogen and oxygen atoms in total. The quantitative estimate of drug-likeness (QED) is 0.461. The summed E-state index contributed by atoms with van der Waals surface area (Å²) in [5.41, 5.74) is 1.70. The van der Waals surface area contributed by atoms with Gasteiger partial charge in [-0.15, -0.1) is 11.3 Å². The Hall–Kier alpha value is -3.19. The van der Waals surface area contributed by atoms with Crippen LogP contribution in [0.1, 0.15) is 39.7 Å². The van der Waals surface area contributed by atoms with E-state index in [9.17, 15) is 14.0 Å². The van der Waals surface area contributed by atoms with Crippen molar-refractivity contribution in [1.82, 2.24) is 9.80 Å². The molecular formula is C27H27FN2O3S. The van der Waals surface area contributed by atoms with Crippen LogP contribution in [-0.2, 0) is 11.2 Å². The summed E-state index contributed by atoms with van der Waals surface area (Å²) in [6.07, 6.45) is 2.99. The van der Waals surface area contributed by atoms with E-state index in [-0.39, 0.29) is 36.8 Å². The maximum Gasteiger partial charge on any atom is 0.254 e. The van der Waals surface area contributed by atoms with Crippen LogP contribution < -0.4 is 4.74 Å². The molecule has 1 aliphatic carbocycles. The predicted octanol–water partition coefficient (Wildman–Crippen LogP) is 4.94. The zero-order valence-corrected chi connectivity index (χ0v) is 19.7. The first kappa shape index (κ1) is 22.6. The van der Waals surface area contributed by atoms with Crippen molar-refractivity contribution in [3.63, 3.8) is 0 Å². The minimum absolute atomic E-state index is 0.0523. The molecule has 5 rings (SSSR count). The predicted molar refractivity (Wildman–Crippen MR) is 129 cm³/mol. The lowest BCUT2D eigenvalue weighted by molar-refractivity contribution is -0.135. The van der Waals surface area contributed by atoms with Crippen LogP contribution in [0.5, 0.6) is 5.75 Å². The van der Waals surface area contributed by atoms with Crippen LogP contribution in [0.2, 0.25) is 0 Å². The van der Waals surface area contributed by atoms with E-state index in [2.05, 4.69) is 6.07 Å². The first-order valence-electron chi connectivity index (χ1n) is 11.7. The van der Waals surface area contributed by atoms with Crippen LogP contribution in [0.25, 0.3) is 0 Å². The number of hydrogen-bond acceptors (Lipinski definition) is 4. The Morgan fingerprint density at radius 3 is 2.56 bits per heavy atom. The number of thiophene rings is 1. The molecule has 0 spiro atoms. The van der Waals surface area contributed by atoms with Crippen LogP contribution >= 0.6 is 11.3 Å². The van der Waals surface area contributed by atoms with Crippen molar-refractivity contribution in [2.75, 3.05) is 26.2 Å². The molecule has 0 unspecified atom stereocenters. The van der Waals surface area contributed by atoms with E-state index in [0.29, 0.717) is 30.3 Å². The smallest absolute Gasteiger partial charge is 0.254 e. The highest BCUT2D eigenvalue weighted by Gasteiger charge is 2.35. The maximum atomic E-state index is 13.6. The van der Waals surface area contributed by atoms with E-state index in [0.717, 1.165) is 24.8 Å². The minimum Gasteiger partial charge on any atom is -0.491 e. The third-order valence-corrected chi connectivity index (χ3v) is 7.44. The topological polar surface area (TPSA) is 49.9 Å². The number of amides is 2. The van der Waals surface area contributed by atoms with Crippen molar-refractivity contribution in [2.45, 2.75) is 25.3 Å². The second-order valence-corrected chi connectivity index (χ2v) is 9.91. The van der Waals surface area contributed by atoms with Gasteiger partial charge in [0.1, 0.15) is 24.7 Å². The molecule has 2 amide bonds. The lowest BCUT2D eigenvalue weighted by atomic mass is 10.0. The molecule has 0 saturated heterocycles. The van der Waals surface area contributed by atoms with Gasteiger partial charge in [0, 0.05) is 23.5 Å². The van der Waals surface area contributed by atoms with E-state index in [1.54, 1.807) is 40.5 Å². The number of ether oxygens (including phenoxy) is 1. The standard InChI is InChI=1S/C27H27FN2O3S/c28-21-8-10-22(11-9-21)33-18-24-23-13-15-34-25(23)12-14-30(24)26(31)17-29(16-19-6-7-19)27(32)20-4-2-1-3-5-20/h1-5,8-11,13,15,19,24H,6-7,12,14,16-18H2/t24-/m0/s1. The van der Waals surface area contributed by atoms with Gasteiger partial charge in [-0.2, -0.15) is 0 Å². The summed E-state index contributed by atoms with van der Waals surface area (Å²) in [7, 11) is 0. The van der Waals surface area contributed by atoms with Crippen LogP contribution in [0, 0.1) is 11.7 Å². The summed E-state index contributed by atoms with van der Waals surface area (Å²) >= 11 is 1.69. The van der Waals surface area contributed by atoms with Crippen molar-refractivity contribution >= 4 is 23.2 Å². The van der Waals surface area contributed by atoms with E-state index in [1.165, 1.54) is 17.0 Å². The van der Waals surface area contributed by atoms with Crippen molar-refractivity contribution < 1.29 is 18.7 Å². The lowest BCUT2D eigenvalue weighted by Crippen LogP contribution is -2.48. The van der Waals surface area contributed by atoms with Gasteiger partial charge >= 0.3 is 0 Å². The minimum atomic E-state index is -0.319. The number of hydrogen-bond donors (Lipinski definition) is 0. The van der Waals surface area contributed by atoms with Gasteiger partial charge in [0.15, 0.2) is 0 Å². The summed E-state index contributed by atoms with van der Waals surface area (Å²) in [6, 6.07) is 16.9. The summed E-state index contributed by atoms with van der Waals surface area (Å²) in [5, 5.41) is 2.04. The first-order valence-corrected chi connectivity index (χ1v) is 12.5. The van der Waals surface area contributed by atoms with E-state index < -0.39 is 0 Å². The summed E-state index contributed by atoms with van der Waals surface area (Å²) in [4.78, 5) is 31.6. The van der Waals surface area contributed by atoms with E-state index >= 15 is 0 Å². The highest BCUT2D eigenvalue weighted by atomic mass is 32.1. The summed E-state index contributed by atoms with van der Waals surface area (Å²) in [5.74, 6) is 0.539. The van der Waals surface area contributed by atoms with Crippen LogP contribution in [0.4, 0.5) is 4.39 Å². The molecule has 34 heavy (non-hydrogen) atoms. The molecule has 2 aliphatic rings. The van der Waals surface area contributed by atoms with E-state index in [1.807, 2.05) is 28.5 Å². The van der Waals surface area contributed by atoms with Crippen molar-refractivity contribution in [3.05, 3.63) is 87.9 Å². The molecule has 1 saturated carbocycles. The van der Waals surface area contributed by atoms with Crippen molar-refractivity contribution in [3.8, 4) is 5.75 Å². The van der Waals surface area contributed by atoms with Gasteiger partial charge < -0.3 is 14.5 Å². The van der Waals surface area contributed by atoms with Gasteiger partial charge in [-0.3, -0.25) is 9.59 Å². The Morgan fingerprint density at radius 2 is 1.82 bits per heavy atom. The Kier molecular flexibility index (Phi) is 6.63. The number of nitrogens with zero attached hydrogens (tertiary/aromatic N) is 2. The Balaban J connectivity index is 1.33. The molecule has 176 valence electrons. The van der Waals surface area contributed by atoms with Crippen LogP contribution in [0.3, 0.4) is 0 Å². The van der Waals surface area contributed by atoms with Gasteiger partial charge in [0.05, 0.1) is 6.04 Å².